The lowest BCUT2D eigenvalue weighted by Gasteiger charge is -2.11. The van der Waals surface area contributed by atoms with Crippen molar-refractivity contribution in [3.05, 3.63) is 42.2 Å². The number of ether oxygens (including phenoxy) is 1. The average Bonchev–Trinajstić information content (AvgIpc) is 2.42. The molecular weight excluding hydrogens is 240 g/mol. The van der Waals surface area contributed by atoms with E-state index >= 15 is 0 Å². The Morgan fingerprint density at radius 2 is 1.95 bits per heavy atom. The summed E-state index contributed by atoms with van der Waals surface area (Å²) in [6.45, 7) is 3.40. The summed E-state index contributed by atoms with van der Waals surface area (Å²) in [5.41, 5.74) is 2.06. The van der Waals surface area contributed by atoms with Gasteiger partial charge in [0.05, 0.1) is 19.0 Å². The van der Waals surface area contributed by atoms with E-state index in [0.717, 1.165) is 23.6 Å². The number of methoxy groups -OCH3 is 1. The molecule has 2 rings (SSSR count). The maximum Gasteiger partial charge on any atom is 0.151 e. The summed E-state index contributed by atoms with van der Waals surface area (Å²) in [7, 11) is 1.68. The van der Waals surface area contributed by atoms with Gasteiger partial charge < -0.3 is 15.4 Å². The molecule has 100 valence electrons. The van der Waals surface area contributed by atoms with Gasteiger partial charge in [-0.05, 0) is 13.0 Å². The van der Waals surface area contributed by atoms with Crippen molar-refractivity contribution in [2.24, 2.45) is 0 Å². The summed E-state index contributed by atoms with van der Waals surface area (Å²) >= 11 is 0. The molecule has 0 radical (unpaired) electrons. The highest BCUT2D eigenvalue weighted by molar-refractivity contribution is 5.60. The quantitative estimate of drug-likeness (QED) is 0.834. The van der Waals surface area contributed by atoms with E-state index in [2.05, 4.69) is 20.6 Å². The second-order valence-electron chi connectivity index (χ2n) is 4.04. The average molecular weight is 258 g/mol. The van der Waals surface area contributed by atoms with Crippen molar-refractivity contribution in [1.82, 2.24) is 9.97 Å². The number of para-hydroxylation sites is 1. The van der Waals surface area contributed by atoms with Gasteiger partial charge in [0.2, 0.25) is 0 Å². The Labute approximate surface area is 113 Å². The lowest BCUT2D eigenvalue weighted by Crippen LogP contribution is -2.03. The van der Waals surface area contributed by atoms with Crippen LogP contribution in [0.2, 0.25) is 0 Å². The molecule has 5 heteroatoms. The maximum atomic E-state index is 5.18. The number of nitrogens with zero attached hydrogens (tertiary/aromatic N) is 2. The highest BCUT2D eigenvalue weighted by Gasteiger charge is 2.03. The molecule has 0 aliphatic heterocycles. The molecule has 0 unspecified atom stereocenters. The number of hydrogen-bond acceptors (Lipinski definition) is 5. The summed E-state index contributed by atoms with van der Waals surface area (Å²) < 4.78 is 5.18. The van der Waals surface area contributed by atoms with Crippen molar-refractivity contribution < 1.29 is 4.74 Å². The van der Waals surface area contributed by atoms with Gasteiger partial charge in [-0.25, -0.2) is 4.98 Å². The third-order valence-corrected chi connectivity index (χ3v) is 2.57. The molecule has 0 aliphatic rings. The van der Waals surface area contributed by atoms with Crippen molar-refractivity contribution in [3.63, 3.8) is 0 Å². The Balaban J connectivity index is 2.18. The van der Waals surface area contributed by atoms with Crippen molar-refractivity contribution >= 4 is 17.3 Å². The summed E-state index contributed by atoms with van der Waals surface area (Å²) in [6.07, 6.45) is 3.40. The molecule has 1 heterocycles. The molecule has 0 spiro atoms. The van der Waals surface area contributed by atoms with Gasteiger partial charge >= 0.3 is 0 Å². The summed E-state index contributed by atoms with van der Waals surface area (Å²) in [5, 5.41) is 6.40. The Bertz CT molecular complexity index is 530. The monoisotopic (exact) mass is 258 g/mol. The highest BCUT2D eigenvalue weighted by atomic mass is 16.5. The van der Waals surface area contributed by atoms with Gasteiger partial charge in [-0.15, -0.1) is 0 Å². The Morgan fingerprint density at radius 3 is 2.74 bits per heavy atom. The van der Waals surface area contributed by atoms with Crippen LogP contribution in [0.25, 0.3) is 0 Å². The zero-order chi connectivity index (χ0) is 13.5. The molecule has 1 aromatic carbocycles. The zero-order valence-corrected chi connectivity index (χ0v) is 11.2. The van der Waals surface area contributed by atoms with E-state index in [9.17, 15) is 0 Å². The second kappa shape index (κ2) is 6.70. The first kappa shape index (κ1) is 13.3. The summed E-state index contributed by atoms with van der Waals surface area (Å²) in [5.74, 6) is 1.47. The minimum Gasteiger partial charge on any atom is -0.380 e. The van der Waals surface area contributed by atoms with Crippen LogP contribution < -0.4 is 10.6 Å². The van der Waals surface area contributed by atoms with Crippen LogP contribution in [0.1, 0.15) is 12.5 Å². The zero-order valence-electron chi connectivity index (χ0n) is 11.2. The van der Waals surface area contributed by atoms with Gasteiger partial charge in [-0.2, -0.15) is 0 Å². The largest absolute Gasteiger partial charge is 0.380 e. The van der Waals surface area contributed by atoms with Crippen molar-refractivity contribution in [3.8, 4) is 0 Å². The number of aromatic nitrogens is 2. The highest BCUT2D eigenvalue weighted by Crippen LogP contribution is 2.20. The van der Waals surface area contributed by atoms with Crippen molar-refractivity contribution in [2.75, 3.05) is 24.3 Å². The fourth-order valence-electron chi connectivity index (χ4n) is 1.75. The summed E-state index contributed by atoms with van der Waals surface area (Å²) in [6, 6.07) is 7.98. The van der Waals surface area contributed by atoms with Crippen LogP contribution in [-0.4, -0.2) is 23.6 Å². The van der Waals surface area contributed by atoms with Crippen LogP contribution >= 0.6 is 0 Å². The Kier molecular flexibility index (Phi) is 4.69. The number of anilines is 3. The van der Waals surface area contributed by atoms with E-state index in [0.29, 0.717) is 12.4 Å². The van der Waals surface area contributed by atoms with Gasteiger partial charge in [0, 0.05) is 24.9 Å². The molecule has 0 saturated heterocycles. The first-order chi connectivity index (χ1) is 9.33. The predicted molar refractivity (Wildman–Crippen MR) is 76.6 cm³/mol. The predicted octanol–water partition coefficient (Wildman–Crippen LogP) is 2.80. The number of benzene rings is 1. The van der Waals surface area contributed by atoms with Crippen LogP contribution in [0, 0.1) is 0 Å². The van der Waals surface area contributed by atoms with E-state index in [1.807, 2.05) is 31.2 Å². The molecule has 0 atom stereocenters. The van der Waals surface area contributed by atoms with Gasteiger partial charge in [0.25, 0.3) is 0 Å². The second-order valence-corrected chi connectivity index (χ2v) is 4.04. The van der Waals surface area contributed by atoms with E-state index in [1.54, 1.807) is 19.5 Å². The molecule has 19 heavy (non-hydrogen) atoms. The van der Waals surface area contributed by atoms with Crippen molar-refractivity contribution in [2.45, 2.75) is 13.5 Å². The van der Waals surface area contributed by atoms with Crippen LogP contribution in [0.15, 0.2) is 36.7 Å². The SMILES string of the molecule is CCNc1cncc(Nc2ccccc2COC)n1. The molecule has 5 nitrogen and oxygen atoms in total. The minimum atomic E-state index is 0.559. The van der Waals surface area contributed by atoms with E-state index in [4.69, 9.17) is 4.74 Å². The standard InChI is InChI=1S/C14H18N4O/c1-3-16-13-8-15-9-14(18-13)17-12-7-5-4-6-11(12)10-19-2/h4-9H,3,10H2,1-2H3,(H2,16,17,18). The molecule has 0 fully saturated rings. The van der Waals surface area contributed by atoms with Crippen LogP contribution in [-0.2, 0) is 11.3 Å². The molecule has 2 N–H and O–H groups in total. The molecular formula is C14H18N4O. The third-order valence-electron chi connectivity index (χ3n) is 2.57. The van der Waals surface area contributed by atoms with Gasteiger partial charge in [-0.3, -0.25) is 4.98 Å². The Hall–Kier alpha value is -2.14. The molecule has 0 bridgehead atoms. The molecule has 0 amide bonds. The number of rotatable bonds is 6. The minimum absolute atomic E-state index is 0.559. The normalized spacial score (nSPS) is 10.2. The first-order valence-corrected chi connectivity index (χ1v) is 6.23. The van der Waals surface area contributed by atoms with Gasteiger partial charge in [-0.1, -0.05) is 18.2 Å². The van der Waals surface area contributed by atoms with Crippen molar-refractivity contribution in [1.29, 1.82) is 0 Å². The lowest BCUT2D eigenvalue weighted by molar-refractivity contribution is 0.185. The summed E-state index contributed by atoms with van der Waals surface area (Å²) in [4.78, 5) is 8.59. The smallest absolute Gasteiger partial charge is 0.151 e. The first-order valence-electron chi connectivity index (χ1n) is 6.23. The molecule has 0 saturated carbocycles. The fraction of sp³-hybridized carbons (Fsp3) is 0.286. The van der Waals surface area contributed by atoms with Crippen LogP contribution in [0.4, 0.5) is 17.3 Å². The topological polar surface area (TPSA) is 59.1 Å². The molecule has 2 aromatic rings. The Morgan fingerprint density at radius 1 is 1.16 bits per heavy atom. The molecule has 1 aromatic heterocycles. The number of hydrogen-bond donors (Lipinski definition) is 2. The van der Waals surface area contributed by atoms with Gasteiger partial charge in [0.15, 0.2) is 5.82 Å². The van der Waals surface area contributed by atoms with Gasteiger partial charge in [0.1, 0.15) is 5.82 Å². The lowest BCUT2D eigenvalue weighted by atomic mass is 10.2. The maximum absolute atomic E-state index is 5.18. The van der Waals surface area contributed by atoms with E-state index in [1.165, 1.54) is 0 Å². The molecule has 0 aliphatic carbocycles. The number of nitrogens with one attached hydrogen (secondary N) is 2. The fourth-order valence-corrected chi connectivity index (χ4v) is 1.75. The van der Waals surface area contributed by atoms with Crippen LogP contribution in [0.5, 0.6) is 0 Å². The van der Waals surface area contributed by atoms with Crippen LogP contribution in [0.3, 0.4) is 0 Å². The third kappa shape index (κ3) is 3.66. The van der Waals surface area contributed by atoms with E-state index in [-0.39, 0.29) is 0 Å². The van der Waals surface area contributed by atoms with E-state index < -0.39 is 0 Å².